The molecule has 3 heteroatoms. The second-order valence-corrected chi connectivity index (χ2v) is 5.29. The van der Waals surface area contributed by atoms with Crippen molar-refractivity contribution in [2.75, 3.05) is 17.3 Å². The Morgan fingerprint density at radius 3 is 2.82 bits per heavy atom. The third kappa shape index (κ3) is 2.63. The van der Waals surface area contributed by atoms with Gasteiger partial charge in [0.15, 0.2) is 0 Å². The Balaban J connectivity index is 2.22. The first-order chi connectivity index (χ1) is 8.11. The Hall–Kier alpha value is -1.02. The number of anilines is 1. The summed E-state index contributed by atoms with van der Waals surface area (Å²) in [6, 6.07) is 8.24. The lowest BCUT2D eigenvalue weighted by Crippen LogP contribution is -2.24. The van der Waals surface area contributed by atoms with E-state index in [4.69, 9.17) is 11.6 Å². The Kier molecular flexibility index (Phi) is 3.72. The molecule has 1 amide bonds. The molecule has 2 nitrogen and oxygen atoms in total. The third-order valence-electron chi connectivity index (χ3n) is 3.27. The molecule has 1 aromatic carbocycles. The molecule has 1 saturated heterocycles. The van der Waals surface area contributed by atoms with Crippen molar-refractivity contribution in [2.24, 2.45) is 5.92 Å². The first-order valence-corrected chi connectivity index (χ1v) is 6.61. The van der Waals surface area contributed by atoms with Gasteiger partial charge in [0.05, 0.1) is 0 Å². The Morgan fingerprint density at radius 1 is 1.47 bits per heavy atom. The van der Waals surface area contributed by atoms with Gasteiger partial charge in [-0.1, -0.05) is 26.0 Å². The Morgan fingerprint density at radius 2 is 2.24 bits per heavy atom. The minimum atomic E-state index is 0.191. The van der Waals surface area contributed by atoms with E-state index in [1.165, 1.54) is 5.56 Å². The molecule has 92 valence electrons. The number of hydrogen-bond donors (Lipinski definition) is 0. The van der Waals surface area contributed by atoms with Crippen molar-refractivity contribution in [2.45, 2.75) is 26.2 Å². The molecular weight excluding hydrogens is 234 g/mol. The van der Waals surface area contributed by atoms with Gasteiger partial charge in [0, 0.05) is 24.5 Å². The number of amides is 1. The number of carbonyl (C=O) groups is 1. The van der Waals surface area contributed by atoms with Crippen molar-refractivity contribution < 1.29 is 4.79 Å². The van der Waals surface area contributed by atoms with Crippen LogP contribution in [0.1, 0.15) is 31.7 Å². The quantitative estimate of drug-likeness (QED) is 0.754. The summed E-state index contributed by atoms with van der Waals surface area (Å²) in [4.78, 5) is 13.8. The summed E-state index contributed by atoms with van der Waals surface area (Å²) < 4.78 is 0. The maximum absolute atomic E-state index is 11.9. The molecule has 0 bridgehead atoms. The molecule has 1 aromatic rings. The fourth-order valence-electron chi connectivity index (χ4n) is 2.19. The highest BCUT2D eigenvalue weighted by Crippen LogP contribution is 2.28. The van der Waals surface area contributed by atoms with Crippen molar-refractivity contribution in [1.82, 2.24) is 0 Å². The summed E-state index contributed by atoms with van der Waals surface area (Å²) in [5.41, 5.74) is 2.28. The summed E-state index contributed by atoms with van der Waals surface area (Å²) in [5, 5.41) is 0. The monoisotopic (exact) mass is 251 g/mol. The first-order valence-electron chi connectivity index (χ1n) is 6.08. The van der Waals surface area contributed by atoms with Crippen LogP contribution in [0.2, 0.25) is 0 Å². The Labute approximate surface area is 108 Å². The van der Waals surface area contributed by atoms with Crippen LogP contribution in [-0.4, -0.2) is 18.3 Å². The van der Waals surface area contributed by atoms with E-state index >= 15 is 0 Å². The van der Waals surface area contributed by atoms with Gasteiger partial charge in [-0.3, -0.25) is 4.79 Å². The lowest BCUT2D eigenvalue weighted by molar-refractivity contribution is -0.117. The van der Waals surface area contributed by atoms with Crippen LogP contribution in [0, 0.1) is 5.92 Å². The molecular formula is C14H18ClNO. The average Bonchev–Trinajstić information content (AvgIpc) is 2.71. The van der Waals surface area contributed by atoms with E-state index in [9.17, 15) is 4.79 Å². The molecule has 1 unspecified atom stereocenters. The number of hydrogen-bond acceptors (Lipinski definition) is 1. The van der Waals surface area contributed by atoms with Crippen LogP contribution >= 0.6 is 11.6 Å². The third-order valence-corrected chi connectivity index (χ3v) is 3.71. The normalized spacial score (nSPS) is 20.4. The number of carbonyl (C=O) groups excluding carboxylic acids is 1. The van der Waals surface area contributed by atoms with E-state index in [1.54, 1.807) is 0 Å². The van der Waals surface area contributed by atoms with Crippen molar-refractivity contribution >= 4 is 23.2 Å². The summed E-state index contributed by atoms with van der Waals surface area (Å²) in [6.45, 7) is 5.07. The summed E-state index contributed by atoms with van der Waals surface area (Å²) in [6.07, 6.45) is 0.579. The van der Waals surface area contributed by atoms with Crippen LogP contribution in [0.4, 0.5) is 5.69 Å². The number of halogens is 1. The van der Waals surface area contributed by atoms with Crippen LogP contribution in [-0.2, 0) is 4.79 Å². The topological polar surface area (TPSA) is 20.3 Å². The highest BCUT2D eigenvalue weighted by Gasteiger charge is 2.29. The molecule has 2 rings (SSSR count). The number of rotatable bonds is 3. The highest BCUT2D eigenvalue weighted by atomic mass is 35.5. The molecule has 0 aromatic heterocycles. The van der Waals surface area contributed by atoms with Gasteiger partial charge >= 0.3 is 0 Å². The van der Waals surface area contributed by atoms with Gasteiger partial charge in [0.25, 0.3) is 0 Å². The van der Waals surface area contributed by atoms with Gasteiger partial charge in [-0.2, -0.15) is 0 Å². The van der Waals surface area contributed by atoms with E-state index in [2.05, 4.69) is 26.0 Å². The van der Waals surface area contributed by atoms with Crippen molar-refractivity contribution in [3.8, 4) is 0 Å². The minimum absolute atomic E-state index is 0.191. The lowest BCUT2D eigenvalue weighted by atomic mass is 10.0. The largest absolute Gasteiger partial charge is 0.312 e. The molecule has 0 radical (unpaired) electrons. The first kappa shape index (κ1) is 12.4. The smallest absolute Gasteiger partial charge is 0.227 e. The molecule has 1 atom stereocenters. The van der Waals surface area contributed by atoms with Crippen molar-refractivity contribution in [3.63, 3.8) is 0 Å². The van der Waals surface area contributed by atoms with E-state index in [0.717, 1.165) is 12.2 Å². The zero-order chi connectivity index (χ0) is 12.4. The van der Waals surface area contributed by atoms with E-state index in [1.807, 2.05) is 17.0 Å². The van der Waals surface area contributed by atoms with Gasteiger partial charge in [-0.15, -0.1) is 11.6 Å². The predicted molar refractivity (Wildman–Crippen MR) is 71.7 cm³/mol. The highest BCUT2D eigenvalue weighted by molar-refractivity contribution is 6.18. The molecule has 1 fully saturated rings. The molecule has 0 N–H and O–H groups in total. The summed E-state index contributed by atoms with van der Waals surface area (Å²) in [7, 11) is 0. The number of nitrogens with zero attached hydrogens (tertiary/aromatic N) is 1. The number of benzene rings is 1. The maximum atomic E-state index is 11.9. The zero-order valence-corrected chi connectivity index (χ0v) is 11.1. The molecule has 1 aliphatic heterocycles. The van der Waals surface area contributed by atoms with Crippen molar-refractivity contribution in [3.05, 3.63) is 29.8 Å². The Bertz CT molecular complexity index is 416. The van der Waals surface area contributed by atoms with Crippen LogP contribution in [0.5, 0.6) is 0 Å². The lowest BCUT2D eigenvalue weighted by Gasteiger charge is -2.18. The number of alkyl halides is 1. The SMILES string of the molecule is CC(C)c1cccc(N2CC(CCl)CC2=O)c1. The minimum Gasteiger partial charge on any atom is -0.312 e. The second-order valence-electron chi connectivity index (χ2n) is 4.98. The molecule has 0 aliphatic carbocycles. The zero-order valence-electron chi connectivity index (χ0n) is 10.3. The molecule has 0 spiro atoms. The van der Waals surface area contributed by atoms with Gasteiger partial charge in [0.1, 0.15) is 0 Å². The standard InChI is InChI=1S/C14H18ClNO/c1-10(2)12-4-3-5-13(7-12)16-9-11(8-15)6-14(16)17/h3-5,7,10-11H,6,8-9H2,1-2H3. The molecule has 17 heavy (non-hydrogen) atoms. The van der Waals surface area contributed by atoms with E-state index < -0.39 is 0 Å². The predicted octanol–water partition coefficient (Wildman–Crippen LogP) is 3.40. The van der Waals surface area contributed by atoms with Gasteiger partial charge < -0.3 is 4.90 Å². The molecule has 1 heterocycles. The van der Waals surface area contributed by atoms with Crippen LogP contribution in [0.25, 0.3) is 0 Å². The van der Waals surface area contributed by atoms with Gasteiger partial charge in [-0.25, -0.2) is 0 Å². The maximum Gasteiger partial charge on any atom is 0.227 e. The van der Waals surface area contributed by atoms with Gasteiger partial charge in [0.2, 0.25) is 5.91 Å². The molecule has 0 saturated carbocycles. The summed E-state index contributed by atoms with van der Waals surface area (Å²) >= 11 is 5.83. The van der Waals surface area contributed by atoms with Crippen LogP contribution in [0.3, 0.4) is 0 Å². The second kappa shape index (κ2) is 5.09. The average molecular weight is 252 g/mol. The fourth-order valence-corrected chi connectivity index (χ4v) is 2.39. The van der Waals surface area contributed by atoms with Crippen LogP contribution in [0.15, 0.2) is 24.3 Å². The van der Waals surface area contributed by atoms with E-state index in [0.29, 0.717) is 24.1 Å². The van der Waals surface area contributed by atoms with Crippen molar-refractivity contribution in [1.29, 1.82) is 0 Å². The molecule has 1 aliphatic rings. The van der Waals surface area contributed by atoms with Gasteiger partial charge in [-0.05, 0) is 29.5 Å². The van der Waals surface area contributed by atoms with Crippen LogP contribution < -0.4 is 4.90 Å². The fraction of sp³-hybridized carbons (Fsp3) is 0.500. The summed E-state index contributed by atoms with van der Waals surface area (Å²) in [5.74, 6) is 1.53. The van der Waals surface area contributed by atoms with E-state index in [-0.39, 0.29) is 5.91 Å².